The predicted molar refractivity (Wildman–Crippen MR) is 68.9 cm³/mol. The fourth-order valence-electron chi connectivity index (χ4n) is 0.856. The molecule has 100 valence electrons. The van der Waals surface area contributed by atoms with Crippen LogP contribution in [-0.4, -0.2) is 54.3 Å². The van der Waals surface area contributed by atoms with Gasteiger partial charge in [-0.1, -0.05) is 12.1 Å². The van der Waals surface area contributed by atoms with E-state index in [1.807, 2.05) is 0 Å². The number of hydrogen-bond acceptors (Lipinski definition) is 2. The highest BCUT2D eigenvalue weighted by Crippen LogP contribution is 2.07. The van der Waals surface area contributed by atoms with Gasteiger partial charge in [-0.25, -0.2) is 9.59 Å². The van der Waals surface area contributed by atoms with Crippen LogP contribution >= 0.6 is 0 Å². The highest BCUT2D eigenvalue weighted by Gasteiger charge is 2.13. The van der Waals surface area contributed by atoms with E-state index in [9.17, 15) is 9.59 Å². The van der Waals surface area contributed by atoms with Crippen LogP contribution in [0.1, 0.15) is 27.6 Å². The number of aromatic carboxylic acids is 2. The second kappa shape index (κ2) is 6.76. The summed E-state index contributed by atoms with van der Waals surface area (Å²) in [5, 5.41) is 17.1. The fourth-order valence-corrected chi connectivity index (χ4v) is 0.856. The first-order valence-corrected chi connectivity index (χ1v) is 5.55. The minimum atomic E-state index is -1.23. The van der Waals surface area contributed by atoms with E-state index in [2.05, 4.69) is 28.1 Å². The summed E-state index contributed by atoms with van der Waals surface area (Å²) in [7, 11) is 6.54. The quantitative estimate of drug-likeness (QED) is 0.806. The molecular weight excluding hydrogens is 234 g/mol. The van der Waals surface area contributed by atoms with Crippen molar-refractivity contribution in [1.82, 2.24) is 0 Å². The van der Waals surface area contributed by atoms with E-state index in [-0.39, 0.29) is 11.1 Å². The van der Waals surface area contributed by atoms with Crippen molar-refractivity contribution in [2.24, 2.45) is 0 Å². The van der Waals surface area contributed by atoms with Crippen molar-refractivity contribution in [1.29, 1.82) is 0 Å². The van der Waals surface area contributed by atoms with Gasteiger partial charge in [0, 0.05) is 0 Å². The molecule has 0 heterocycles. The molecule has 0 spiro atoms. The first-order valence-electron chi connectivity index (χ1n) is 5.55. The molecule has 0 aliphatic heterocycles. The SMILES string of the molecule is CC[N+](C)(C)C.O=C(O)c1ccccc1C(=O)O. The first-order chi connectivity index (χ1) is 8.19. The van der Waals surface area contributed by atoms with Gasteiger partial charge in [0.2, 0.25) is 0 Å². The van der Waals surface area contributed by atoms with Gasteiger partial charge in [-0.15, -0.1) is 0 Å². The largest absolute Gasteiger partial charge is 0.478 e. The second-order valence-corrected chi connectivity index (χ2v) is 4.76. The van der Waals surface area contributed by atoms with Crippen molar-refractivity contribution in [2.45, 2.75) is 6.92 Å². The van der Waals surface area contributed by atoms with Crippen molar-refractivity contribution >= 4 is 11.9 Å². The highest BCUT2D eigenvalue weighted by atomic mass is 16.4. The molecule has 0 atom stereocenters. The van der Waals surface area contributed by atoms with E-state index < -0.39 is 11.9 Å². The van der Waals surface area contributed by atoms with E-state index in [0.29, 0.717) is 0 Å². The predicted octanol–water partition coefficient (Wildman–Crippen LogP) is 1.80. The average Bonchev–Trinajstić information content (AvgIpc) is 2.28. The number of benzene rings is 1. The van der Waals surface area contributed by atoms with Crippen molar-refractivity contribution in [3.05, 3.63) is 35.4 Å². The van der Waals surface area contributed by atoms with Gasteiger partial charge in [0.15, 0.2) is 0 Å². The molecule has 0 aliphatic rings. The van der Waals surface area contributed by atoms with Gasteiger partial charge in [0.05, 0.1) is 38.8 Å². The maximum Gasteiger partial charge on any atom is 0.336 e. The molecule has 0 radical (unpaired) electrons. The number of carboxylic acid groups (broad SMARTS) is 2. The molecule has 0 unspecified atom stereocenters. The minimum absolute atomic E-state index is 0.190. The van der Waals surface area contributed by atoms with Crippen molar-refractivity contribution in [2.75, 3.05) is 27.7 Å². The summed E-state index contributed by atoms with van der Waals surface area (Å²) in [6.07, 6.45) is 0. The Balaban J connectivity index is 0.000000411. The lowest BCUT2D eigenvalue weighted by molar-refractivity contribution is -0.868. The van der Waals surface area contributed by atoms with Crippen LogP contribution in [0.5, 0.6) is 0 Å². The van der Waals surface area contributed by atoms with Gasteiger partial charge >= 0.3 is 11.9 Å². The molecule has 1 rings (SSSR count). The van der Waals surface area contributed by atoms with Crippen LogP contribution in [0.15, 0.2) is 24.3 Å². The molecule has 0 bridgehead atoms. The molecule has 1 aromatic carbocycles. The molecule has 0 aromatic heterocycles. The number of hydrogen-bond donors (Lipinski definition) is 2. The van der Waals surface area contributed by atoms with Gasteiger partial charge in [-0.2, -0.15) is 0 Å². The van der Waals surface area contributed by atoms with Crippen LogP contribution in [0.25, 0.3) is 0 Å². The minimum Gasteiger partial charge on any atom is -0.478 e. The number of carbonyl (C=O) groups is 2. The van der Waals surface area contributed by atoms with E-state index in [4.69, 9.17) is 10.2 Å². The van der Waals surface area contributed by atoms with Crippen LogP contribution in [0.4, 0.5) is 0 Å². The Morgan fingerprint density at radius 3 is 1.44 bits per heavy atom. The van der Waals surface area contributed by atoms with Crippen LogP contribution < -0.4 is 0 Å². The molecule has 5 nitrogen and oxygen atoms in total. The van der Waals surface area contributed by atoms with Crippen molar-refractivity contribution < 1.29 is 24.3 Å². The summed E-state index contributed by atoms with van der Waals surface area (Å²) in [5.41, 5.74) is -0.380. The Kier molecular flexibility index (Phi) is 6.05. The molecule has 0 amide bonds. The van der Waals surface area contributed by atoms with E-state index >= 15 is 0 Å². The molecule has 0 saturated heterocycles. The molecule has 1 aromatic rings. The Morgan fingerprint density at radius 2 is 1.28 bits per heavy atom. The molecule has 0 aliphatic carbocycles. The Hall–Kier alpha value is -1.88. The van der Waals surface area contributed by atoms with Crippen LogP contribution in [0, 0.1) is 0 Å². The van der Waals surface area contributed by atoms with Crippen molar-refractivity contribution in [3.63, 3.8) is 0 Å². The van der Waals surface area contributed by atoms with E-state index in [1.165, 1.54) is 30.8 Å². The zero-order valence-corrected chi connectivity index (χ0v) is 11.2. The monoisotopic (exact) mass is 254 g/mol. The summed E-state index contributed by atoms with van der Waals surface area (Å²) < 4.78 is 1.07. The third-order valence-corrected chi connectivity index (χ3v) is 2.34. The normalized spacial score (nSPS) is 10.2. The standard InChI is InChI=1S/C8H6O4.C5H14N/c9-7(10)5-3-1-2-4-6(5)8(11)12;1-5-6(2,3)4/h1-4H,(H,9,10)(H,11,12);5H2,1-4H3/q;+1. The molecule has 5 heteroatoms. The van der Waals surface area contributed by atoms with Gasteiger partial charge in [-0.3, -0.25) is 0 Å². The molecule has 0 saturated carbocycles. The average molecular weight is 254 g/mol. The van der Waals surface area contributed by atoms with E-state index in [1.54, 1.807) is 0 Å². The third-order valence-electron chi connectivity index (χ3n) is 2.34. The number of carboxylic acids is 2. The summed E-state index contributed by atoms with van der Waals surface area (Å²) in [6, 6.07) is 5.48. The Morgan fingerprint density at radius 1 is 1.00 bits per heavy atom. The third kappa shape index (κ3) is 6.00. The Bertz CT molecular complexity index is 388. The van der Waals surface area contributed by atoms with Gasteiger partial charge in [0.1, 0.15) is 0 Å². The zero-order valence-electron chi connectivity index (χ0n) is 11.2. The maximum absolute atomic E-state index is 10.5. The van der Waals surface area contributed by atoms with Gasteiger partial charge < -0.3 is 14.7 Å². The first kappa shape index (κ1) is 16.1. The van der Waals surface area contributed by atoms with Crippen LogP contribution in [-0.2, 0) is 0 Å². The second-order valence-electron chi connectivity index (χ2n) is 4.76. The van der Waals surface area contributed by atoms with Gasteiger partial charge in [-0.05, 0) is 19.1 Å². The molecule has 0 fully saturated rings. The summed E-state index contributed by atoms with van der Waals surface area (Å²) in [5.74, 6) is -2.46. The van der Waals surface area contributed by atoms with Crippen LogP contribution in [0.3, 0.4) is 0 Å². The number of quaternary nitrogens is 1. The number of nitrogens with zero attached hydrogens (tertiary/aromatic N) is 1. The summed E-state index contributed by atoms with van der Waals surface area (Å²) >= 11 is 0. The van der Waals surface area contributed by atoms with Crippen LogP contribution in [0.2, 0.25) is 0 Å². The summed E-state index contributed by atoms with van der Waals surface area (Å²) in [6.45, 7) is 3.39. The summed E-state index contributed by atoms with van der Waals surface area (Å²) in [4.78, 5) is 20.9. The van der Waals surface area contributed by atoms with Gasteiger partial charge in [0.25, 0.3) is 0 Å². The van der Waals surface area contributed by atoms with E-state index in [0.717, 1.165) is 4.48 Å². The molecule has 2 N–H and O–H groups in total. The smallest absolute Gasteiger partial charge is 0.336 e. The lowest BCUT2D eigenvalue weighted by Crippen LogP contribution is -2.33. The zero-order chi connectivity index (χ0) is 14.3. The maximum atomic E-state index is 10.5. The fraction of sp³-hybridized carbons (Fsp3) is 0.385. The molecule has 18 heavy (non-hydrogen) atoms. The molecular formula is C13H20NO4+. The van der Waals surface area contributed by atoms with Crippen molar-refractivity contribution in [3.8, 4) is 0 Å². The number of rotatable bonds is 3. The highest BCUT2D eigenvalue weighted by molar-refractivity contribution is 6.01. The lowest BCUT2D eigenvalue weighted by Gasteiger charge is -2.20. The Labute approximate surface area is 107 Å². The topological polar surface area (TPSA) is 74.6 Å². The lowest BCUT2D eigenvalue weighted by atomic mass is 10.1.